The number of hydrogen-bond acceptors (Lipinski definition) is 4. The van der Waals surface area contributed by atoms with Crippen molar-refractivity contribution in [3.63, 3.8) is 0 Å². The largest absolute Gasteiger partial charge is 0.289 e. The van der Waals surface area contributed by atoms with Crippen LogP contribution in [-0.4, -0.2) is 18.7 Å². The summed E-state index contributed by atoms with van der Waals surface area (Å²) in [5, 5.41) is 0. The Kier molecular flexibility index (Phi) is 3.97. The fraction of sp³-hybridized carbons (Fsp3) is 0.500. The van der Waals surface area contributed by atoms with Crippen molar-refractivity contribution in [1.29, 1.82) is 0 Å². The van der Waals surface area contributed by atoms with Gasteiger partial charge >= 0.3 is 0 Å². The summed E-state index contributed by atoms with van der Waals surface area (Å²) in [5.41, 5.74) is 1.74. The van der Waals surface area contributed by atoms with Crippen molar-refractivity contribution in [2.45, 2.75) is 23.6 Å². The molecule has 0 aliphatic carbocycles. The Labute approximate surface area is 124 Å². The lowest BCUT2D eigenvalue weighted by molar-refractivity contribution is 0.567. The van der Waals surface area contributed by atoms with E-state index < -0.39 is 0 Å². The van der Waals surface area contributed by atoms with Crippen LogP contribution >= 0.6 is 21.6 Å². The van der Waals surface area contributed by atoms with Gasteiger partial charge in [-0.25, -0.2) is 0 Å². The van der Waals surface area contributed by atoms with E-state index in [1.165, 1.54) is 21.6 Å². The van der Waals surface area contributed by atoms with E-state index in [9.17, 15) is 9.59 Å². The minimum Gasteiger partial charge on any atom is -0.289 e. The highest BCUT2D eigenvalue weighted by atomic mass is 33.1. The highest BCUT2D eigenvalue weighted by Gasteiger charge is 2.18. The molecule has 0 amide bonds. The highest BCUT2D eigenvalue weighted by Crippen LogP contribution is 2.37. The van der Waals surface area contributed by atoms with Gasteiger partial charge in [0.2, 0.25) is 0 Å². The Bertz CT molecular complexity index is 713. The van der Waals surface area contributed by atoms with Gasteiger partial charge < -0.3 is 0 Å². The van der Waals surface area contributed by atoms with E-state index >= 15 is 0 Å². The third-order valence-corrected chi connectivity index (χ3v) is 6.32. The van der Waals surface area contributed by atoms with Gasteiger partial charge in [0.05, 0.1) is 11.4 Å². The number of hydrogen-bond donors (Lipinski definition) is 0. The number of nitrogens with zero attached hydrogens (tertiary/aromatic N) is 4. The third-order valence-electron chi connectivity index (χ3n) is 3.71. The van der Waals surface area contributed by atoms with Crippen molar-refractivity contribution < 1.29 is 0 Å². The maximum atomic E-state index is 12.1. The quantitative estimate of drug-likeness (QED) is 0.798. The Balaban J connectivity index is 2.36. The molecule has 6 nitrogen and oxygen atoms in total. The topological polar surface area (TPSA) is 53.9 Å². The van der Waals surface area contributed by atoms with E-state index in [1.807, 2.05) is 27.9 Å². The SMILES string of the molecule is Cc1c(SSc2c(C)n(C)n(C)c2=O)c(=O)n(C)n1C. The van der Waals surface area contributed by atoms with Gasteiger partial charge in [0.15, 0.2) is 0 Å². The Morgan fingerprint density at radius 1 is 0.650 bits per heavy atom. The molecule has 0 bridgehead atoms. The predicted molar refractivity (Wildman–Crippen MR) is 82.5 cm³/mol. The van der Waals surface area contributed by atoms with Gasteiger partial charge in [-0.05, 0) is 35.4 Å². The molecule has 0 aliphatic heterocycles. The monoisotopic (exact) mass is 314 g/mol. The van der Waals surface area contributed by atoms with E-state index in [4.69, 9.17) is 0 Å². The van der Waals surface area contributed by atoms with Gasteiger partial charge in [-0.2, -0.15) is 0 Å². The second-order valence-corrected chi connectivity index (χ2v) is 6.85. The molecule has 2 rings (SSSR count). The van der Waals surface area contributed by atoms with Crippen molar-refractivity contribution >= 4 is 21.6 Å². The first-order chi connectivity index (χ1) is 9.27. The van der Waals surface area contributed by atoms with Crippen LogP contribution < -0.4 is 11.1 Å². The molecule has 0 aliphatic rings. The first-order valence-electron chi connectivity index (χ1n) is 6.07. The van der Waals surface area contributed by atoms with Crippen LogP contribution in [0.3, 0.4) is 0 Å². The third kappa shape index (κ3) is 2.16. The summed E-state index contributed by atoms with van der Waals surface area (Å²) in [5.74, 6) is 0. The molecule has 0 atom stereocenters. The lowest BCUT2D eigenvalue weighted by Crippen LogP contribution is -2.18. The molecule has 2 aromatic heterocycles. The summed E-state index contributed by atoms with van der Waals surface area (Å²) in [7, 11) is 9.85. The van der Waals surface area contributed by atoms with E-state index in [-0.39, 0.29) is 11.1 Å². The zero-order valence-electron chi connectivity index (χ0n) is 12.4. The molecular weight excluding hydrogens is 296 g/mol. The van der Waals surface area contributed by atoms with Crippen molar-refractivity contribution in [3.05, 3.63) is 32.1 Å². The zero-order chi connectivity index (χ0) is 15.2. The molecule has 0 saturated heterocycles. The average molecular weight is 314 g/mol. The zero-order valence-corrected chi connectivity index (χ0v) is 14.1. The average Bonchev–Trinajstić information content (AvgIpc) is 2.72. The molecule has 0 saturated carbocycles. The van der Waals surface area contributed by atoms with Crippen molar-refractivity contribution in [2.24, 2.45) is 28.2 Å². The van der Waals surface area contributed by atoms with Crippen LogP contribution in [0.15, 0.2) is 19.4 Å². The van der Waals surface area contributed by atoms with Crippen LogP contribution in [0.25, 0.3) is 0 Å². The first-order valence-corrected chi connectivity index (χ1v) is 8.22. The summed E-state index contributed by atoms with van der Waals surface area (Å²) in [6.45, 7) is 3.81. The van der Waals surface area contributed by atoms with Crippen LogP contribution in [0.4, 0.5) is 0 Å². The molecule has 2 aromatic rings. The number of aromatic nitrogens is 4. The van der Waals surface area contributed by atoms with Crippen LogP contribution in [0.2, 0.25) is 0 Å². The van der Waals surface area contributed by atoms with E-state index in [0.717, 1.165) is 11.4 Å². The normalized spacial score (nSPS) is 11.3. The maximum absolute atomic E-state index is 12.1. The van der Waals surface area contributed by atoms with Gasteiger partial charge in [-0.15, -0.1) is 0 Å². The lowest BCUT2D eigenvalue weighted by atomic mass is 10.5. The summed E-state index contributed by atoms with van der Waals surface area (Å²) in [6.07, 6.45) is 0. The minimum absolute atomic E-state index is 0.0343. The standard InChI is InChI=1S/C12H18N4O2S2/c1-7-9(11(17)15(5)13(7)3)19-20-10-8(2)14(4)16(6)12(10)18/h1-6H3. The summed E-state index contributed by atoms with van der Waals surface area (Å²) >= 11 is 0. The molecule has 0 N–H and O–H groups in total. The summed E-state index contributed by atoms with van der Waals surface area (Å²) in [4.78, 5) is 25.5. The van der Waals surface area contributed by atoms with Gasteiger partial charge in [0.25, 0.3) is 11.1 Å². The van der Waals surface area contributed by atoms with Crippen LogP contribution in [0, 0.1) is 13.8 Å². The molecule has 0 radical (unpaired) electrons. The molecule has 0 aromatic carbocycles. The molecule has 110 valence electrons. The van der Waals surface area contributed by atoms with Gasteiger partial charge in [-0.1, -0.05) is 0 Å². The van der Waals surface area contributed by atoms with Gasteiger partial charge in [-0.3, -0.25) is 28.3 Å². The van der Waals surface area contributed by atoms with E-state index in [1.54, 1.807) is 32.8 Å². The van der Waals surface area contributed by atoms with E-state index in [0.29, 0.717) is 9.79 Å². The molecule has 2 heterocycles. The van der Waals surface area contributed by atoms with Gasteiger partial charge in [0.1, 0.15) is 9.79 Å². The maximum Gasteiger partial charge on any atom is 0.281 e. The molecule has 0 fully saturated rings. The fourth-order valence-electron chi connectivity index (χ4n) is 1.90. The smallest absolute Gasteiger partial charge is 0.281 e. The highest BCUT2D eigenvalue weighted by molar-refractivity contribution is 8.76. The second kappa shape index (κ2) is 5.25. The van der Waals surface area contributed by atoms with Crippen molar-refractivity contribution in [2.75, 3.05) is 0 Å². The Morgan fingerprint density at radius 2 is 0.950 bits per heavy atom. The second-order valence-electron chi connectivity index (χ2n) is 4.70. The van der Waals surface area contributed by atoms with Crippen LogP contribution in [0.5, 0.6) is 0 Å². The number of rotatable bonds is 3. The predicted octanol–water partition coefficient (Wildman–Crippen LogP) is 1.18. The lowest BCUT2D eigenvalue weighted by Gasteiger charge is -2.01. The first kappa shape index (κ1) is 15.1. The van der Waals surface area contributed by atoms with Crippen LogP contribution in [0.1, 0.15) is 11.4 Å². The molecular formula is C12H18N4O2S2. The molecule has 8 heteroatoms. The van der Waals surface area contributed by atoms with Crippen LogP contribution in [-0.2, 0) is 28.2 Å². The molecule has 20 heavy (non-hydrogen) atoms. The van der Waals surface area contributed by atoms with E-state index in [2.05, 4.69) is 0 Å². The van der Waals surface area contributed by atoms with Gasteiger partial charge in [0, 0.05) is 28.2 Å². The van der Waals surface area contributed by atoms with Crippen molar-refractivity contribution in [1.82, 2.24) is 18.7 Å². The Hall–Kier alpha value is -1.28. The minimum atomic E-state index is -0.0343. The molecule has 0 unspecified atom stereocenters. The molecule has 0 spiro atoms. The Morgan fingerprint density at radius 3 is 1.15 bits per heavy atom. The fourth-order valence-corrected chi connectivity index (χ4v) is 4.63. The van der Waals surface area contributed by atoms with Crippen molar-refractivity contribution in [3.8, 4) is 0 Å². The summed E-state index contributed by atoms with van der Waals surface area (Å²) in [6, 6.07) is 0. The summed E-state index contributed by atoms with van der Waals surface area (Å²) < 4.78 is 6.74.